The van der Waals surface area contributed by atoms with E-state index in [0.29, 0.717) is 23.0 Å². The van der Waals surface area contributed by atoms with Crippen LogP contribution in [0.15, 0.2) is 33.5 Å². The standard InChI is InChI=1S/C12H10O6S/c13-11(14)7-1-3-17-9(7)5-19-6-10-8(12(15)16)2-4-18-10/h1-4H,5-6H2,(H,13,14)(H,15,16). The smallest absolute Gasteiger partial charge is 0.339 e. The highest BCUT2D eigenvalue weighted by molar-refractivity contribution is 7.97. The molecule has 0 aliphatic carbocycles. The van der Waals surface area contributed by atoms with Gasteiger partial charge in [-0.3, -0.25) is 0 Å². The fourth-order valence-electron chi connectivity index (χ4n) is 1.52. The first-order chi connectivity index (χ1) is 9.09. The Labute approximate surface area is 112 Å². The highest BCUT2D eigenvalue weighted by atomic mass is 32.2. The molecule has 7 heteroatoms. The van der Waals surface area contributed by atoms with Gasteiger partial charge in [0.15, 0.2) is 0 Å². The van der Waals surface area contributed by atoms with Gasteiger partial charge in [0.25, 0.3) is 0 Å². The van der Waals surface area contributed by atoms with E-state index in [1.54, 1.807) is 0 Å². The SMILES string of the molecule is O=C(O)c1ccoc1CSCc1occc1C(=O)O. The number of rotatable bonds is 6. The van der Waals surface area contributed by atoms with Crippen LogP contribution in [0.25, 0.3) is 0 Å². The quantitative estimate of drug-likeness (QED) is 0.839. The molecule has 0 aromatic carbocycles. The molecule has 2 heterocycles. The molecular formula is C12H10O6S. The van der Waals surface area contributed by atoms with Crippen molar-refractivity contribution in [3.8, 4) is 0 Å². The topological polar surface area (TPSA) is 101 Å². The largest absolute Gasteiger partial charge is 0.478 e. The van der Waals surface area contributed by atoms with Crippen molar-refractivity contribution in [2.45, 2.75) is 11.5 Å². The molecule has 0 aliphatic heterocycles. The number of carboxylic acids is 2. The Kier molecular flexibility index (Phi) is 3.96. The van der Waals surface area contributed by atoms with Crippen LogP contribution < -0.4 is 0 Å². The zero-order chi connectivity index (χ0) is 13.8. The van der Waals surface area contributed by atoms with E-state index in [0.717, 1.165) is 0 Å². The maximum Gasteiger partial charge on any atom is 0.339 e. The van der Waals surface area contributed by atoms with Crippen LogP contribution in [-0.2, 0) is 11.5 Å². The van der Waals surface area contributed by atoms with E-state index in [1.165, 1.54) is 36.4 Å². The average Bonchev–Trinajstić information content (AvgIpc) is 2.96. The Morgan fingerprint density at radius 1 is 0.947 bits per heavy atom. The van der Waals surface area contributed by atoms with Crippen LogP contribution in [0.1, 0.15) is 32.2 Å². The molecule has 0 radical (unpaired) electrons. The van der Waals surface area contributed by atoms with Crippen molar-refractivity contribution < 1.29 is 28.6 Å². The molecule has 0 bridgehead atoms. The molecule has 2 rings (SSSR count). The third kappa shape index (κ3) is 3.00. The maximum atomic E-state index is 10.9. The van der Waals surface area contributed by atoms with Gasteiger partial charge in [0.1, 0.15) is 22.6 Å². The fraction of sp³-hybridized carbons (Fsp3) is 0.167. The van der Waals surface area contributed by atoms with Gasteiger partial charge in [-0.1, -0.05) is 0 Å². The molecular weight excluding hydrogens is 272 g/mol. The van der Waals surface area contributed by atoms with E-state index >= 15 is 0 Å². The second-order valence-electron chi connectivity index (χ2n) is 3.62. The van der Waals surface area contributed by atoms with E-state index in [4.69, 9.17) is 19.0 Å². The Morgan fingerprint density at radius 2 is 1.37 bits per heavy atom. The zero-order valence-electron chi connectivity index (χ0n) is 9.66. The van der Waals surface area contributed by atoms with Crippen LogP contribution in [0.3, 0.4) is 0 Å². The van der Waals surface area contributed by atoms with Crippen LogP contribution in [0.2, 0.25) is 0 Å². The minimum absolute atomic E-state index is 0.116. The highest BCUT2D eigenvalue weighted by Crippen LogP contribution is 2.23. The molecule has 2 N–H and O–H groups in total. The molecule has 0 atom stereocenters. The number of furan rings is 2. The van der Waals surface area contributed by atoms with E-state index in [1.807, 2.05) is 0 Å². The molecule has 100 valence electrons. The molecule has 0 amide bonds. The van der Waals surface area contributed by atoms with Crippen molar-refractivity contribution in [2.24, 2.45) is 0 Å². The summed E-state index contributed by atoms with van der Waals surface area (Å²) in [6, 6.07) is 2.77. The van der Waals surface area contributed by atoms with Gasteiger partial charge in [-0.15, -0.1) is 11.8 Å². The van der Waals surface area contributed by atoms with E-state index < -0.39 is 11.9 Å². The molecule has 2 aromatic heterocycles. The Hall–Kier alpha value is -2.15. The van der Waals surface area contributed by atoms with Crippen LogP contribution in [0.5, 0.6) is 0 Å². The van der Waals surface area contributed by atoms with Gasteiger partial charge in [-0.2, -0.15) is 0 Å². The predicted octanol–water partition coefficient (Wildman–Crippen LogP) is 2.70. The summed E-state index contributed by atoms with van der Waals surface area (Å²) in [6.07, 6.45) is 2.63. The molecule has 0 fully saturated rings. The minimum Gasteiger partial charge on any atom is -0.478 e. The normalized spacial score (nSPS) is 10.5. The number of carbonyl (C=O) groups is 2. The summed E-state index contributed by atoms with van der Waals surface area (Å²) in [5.74, 6) is -0.744. The Bertz CT molecular complexity index is 545. The first-order valence-electron chi connectivity index (χ1n) is 5.26. The van der Waals surface area contributed by atoms with Gasteiger partial charge in [0, 0.05) is 0 Å². The minimum atomic E-state index is -1.05. The molecule has 0 saturated heterocycles. The number of aromatic carboxylic acids is 2. The summed E-state index contributed by atoms with van der Waals surface area (Å²) in [5.41, 5.74) is 0.232. The fourth-order valence-corrected chi connectivity index (χ4v) is 2.44. The second-order valence-corrected chi connectivity index (χ2v) is 4.60. The molecule has 0 spiro atoms. The van der Waals surface area contributed by atoms with E-state index in [-0.39, 0.29) is 11.1 Å². The summed E-state index contributed by atoms with van der Waals surface area (Å²) >= 11 is 1.32. The van der Waals surface area contributed by atoms with Gasteiger partial charge in [-0.05, 0) is 12.1 Å². The zero-order valence-corrected chi connectivity index (χ0v) is 10.5. The molecule has 0 aliphatic rings. The summed E-state index contributed by atoms with van der Waals surface area (Å²) in [7, 11) is 0. The third-order valence-corrected chi connectivity index (χ3v) is 3.35. The number of hydrogen-bond acceptors (Lipinski definition) is 5. The molecule has 0 unspecified atom stereocenters. The Morgan fingerprint density at radius 3 is 1.74 bits per heavy atom. The van der Waals surface area contributed by atoms with Crippen LogP contribution in [0.4, 0.5) is 0 Å². The Balaban J connectivity index is 1.97. The van der Waals surface area contributed by atoms with Crippen molar-refractivity contribution in [3.63, 3.8) is 0 Å². The average molecular weight is 282 g/mol. The van der Waals surface area contributed by atoms with Crippen LogP contribution >= 0.6 is 11.8 Å². The van der Waals surface area contributed by atoms with Crippen LogP contribution in [0, 0.1) is 0 Å². The molecule has 6 nitrogen and oxygen atoms in total. The van der Waals surface area contributed by atoms with E-state index in [2.05, 4.69) is 0 Å². The van der Waals surface area contributed by atoms with Crippen LogP contribution in [-0.4, -0.2) is 22.2 Å². The highest BCUT2D eigenvalue weighted by Gasteiger charge is 2.16. The first-order valence-corrected chi connectivity index (χ1v) is 6.42. The number of hydrogen-bond donors (Lipinski definition) is 2. The monoisotopic (exact) mass is 282 g/mol. The summed E-state index contributed by atoms with van der Waals surface area (Å²) in [5, 5.41) is 17.8. The van der Waals surface area contributed by atoms with Crippen molar-refractivity contribution >= 4 is 23.7 Å². The number of thioether (sulfide) groups is 1. The summed E-state index contributed by atoms with van der Waals surface area (Å²) < 4.78 is 10.1. The predicted molar refractivity (Wildman–Crippen MR) is 66.3 cm³/mol. The second kappa shape index (κ2) is 5.66. The van der Waals surface area contributed by atoms with Gasteiger partial charge < -0.3 is 19.0 Å². The van der Waals surface area contributed by atoms with Crippen molar-refractivity contribution in [2.75, 3.05) is 0 Å². The van der Waals surface area contributed by atoms with Gasteiger partial charge in [-0.25, -0.2) is 9.59 Å². The van der Waals surface area contributed by atoms with Gasteiger partial charge >= 0.3 is 11.9 Å². The van der Waals surface area contributed by atoms with E-state index in [9.17, 15) is 9.59 Å². The molecule has 0 saturated carbocycles. The third-order valence-electron chi connectivity index (χ3n) is 2.42. The van der Waals surface area contributed by atoms with Crippen molar-refractivity contribution in [1.29, 1.82) is 0 Å². The lowest BCUT2D eigenvalue weighted by Gasteiger charge is -2.00. The van der Waals surface area contributed by atoms with Crippen molar-refractivity contribution in [1.82, 2.24) is 0 Å². The maximum absolute atomic E-state index is 10.9. The lowest BCUT2D eigenvalue weighted by molar-refractivity contribution is 0.0684. The van der Waals surface area contributed by atoms with Gasteiger partial charge in [0.2, 0.25) is 0 Å². The van der Waals surface area contributed by atoms with Gasteiger partial charge in [0.05, 0.1) is 24.0 Å². The summed E-state index contributed by atoms with van der Waals surface area (Å²) in [6.45, 7) is 0. The lowest BCUT2D eigenvalue weighted by atomic mass is 10.3. The number of carboxylic acid groups (broad SMARTS) is 2. The lowest BCUT2D eigenvalue weighted by Crippen LogP contribution is -1.99. The summed E-state index contributed by atoms with van der Waals surface area (Å²) in [4.78, 5) is 21.7. The molecule has 19 heavy (non-hydrogen) atoms. The first kappa shape index (κ1) is 13.3. The molecule has 2 aromatic rings. The van der Waals surface area contributed by atoms with Crippen molar-refractivity contribution in [3.05, 3.63) is 47.3 Å².